The Morgan fingerprint density at radius 2 is 2.00 bits per heavy atom. The highest BCUT2D eigenvalue weighted by Gasteiger charge is 2.24. The number of carbonyl (C=O) groups is 1. The summed E-state index contributed by atoms with van der Waals surface area (Å²) in [7, 11) is 0. The Labute approximate surface area is 71.7 Å². The van der Waals surface area contributed by atoms with Gasteiger partial charge in [-0.2, -0.15) is 0 Å². The normalized spacial score (nSPS) is 23.8. The fourth-order valence-corrected chi connectivity index (χ4v) is 1.48. The Hall–Kier alpha value is -1.06. The summed E-state index contributed by atoms with van der Waals surface area (Å²) in [6, 6.07) is 0. The molecule has 0 saturated carbocycles. The Morgan fingerprint density at radius 3 is 2.33 bits per heavy atom. The summed E-state index contributed by atoms with van der Waals surface area (Å²) in [5, 5.41) is 8.71. The van der Waals surface area contributed by atoms with Crippen molar-refractivity contribution in [2.24, 2.45) is 11.7 Å². The molecule has 0 aromatic carbocycles. The molecule has 0 aromatic rings. The van der Waals surface area contributed by atoms with Gasteiger partial charge in [-0.25, -0.2) is 0 Å². The van der Waals surface area contributed by atoms with Gasteiger partial charge in [-0.3, -0.25) is 15.1 Å². The van der Waals surface area contributed by atoms with Crippen LogP contribution in [0, 0.1) is 5.92 Å². The quantitative estimate of drug-likeness (QED) is 0.426. The van der Waals surface area contributed by atoms with Gasteiger partial charge >= 0.3 is 5.97 Å². The number of carboxylic acids is 1. The van der Waals surface area contributed by atoms with Crippen LogP contribution < -0.4 is 5.73 Å². The smallest absolute Gasteiger partial charge is 0.306 e. The summed E-state index contributed by atoms with van der Waals surface area (Å²) in [5.74, 6) is -0.0521. The van der Waals surface area contributed by atoms with Crippen LogP contribution >= 0.6 is 0 Å². The van der Waals surface area contributed by atoms with Crippen molar-refractivity contribution in [1.82, 2.24) is 0 Å². The highest BCUT2D eigenvalue weighted by Crippen LogP contribution is 2.14. The lowest BCUT2D eigenvalue weighted by Gasteiger charge is -2.19. The van der Waals surface area contributed by atoms with E-state index in [1.54, 1.807) is 0 Å². The predicted octanol–water partition coefficient (Wildman–Crippen LogP) is -0.129. The first kappa shape index (κ1) is 9.03. The van der Waals surface area contributed by atoms with Crippen LogP contribution in [-0.2, 0) is 4.79 Å². The van der Waals surface area contributed by atoms with Crippen LogP contribution in [0.2, 0.25) is 0 Å². The van der Waals surface area contributed by atoms with Crippen LogP contribution in [0.1, 0.15) is 19.8 Å². The lowest BCUT2D eigenvalue weighted by atomic mass is 9.98. The Kier molecular flexibility index (Phi) is 2.68. The van der Waals surface area contributed by atoms with Crippen molar-refractivity contribution in [3.8, 4) is 0 Å². The third-order valence-electron chi connectivity index (χ3n) is 2.34. The van der Waals surface area contributed by atoms with Crippen molar-refractivity contribution in [2.75, 3.05) is 13.1 Å². The van der Waals surface area contributed by atoms with Crippen molar-refractivity contribution < 1.29 is 14.5 Å². The van der Waals surface area contributed by atoms with E-state index < -0.39 is 5.97 Å². The lowest BCUT2D eigenvalue weighted by Crippen LogP contribution is -2.35. The van der Waals surface area contributed by atoms with Gasteiger partial charge in [-0.05, 0) is 12.8 Å². The predicted molar refractivity (Wildman–Crippen MR) is 45.2 cm³/mol. The first-order valence-corrected chi connectivity index (χ1v) is 4.18. The van der Waals surface area contributed by atoms with E-state index in [4.69, 9.17) is 10.8 Å². The standard InChI is InChI=1S/C8H14N2O2/c1-6(9)10-4-2-7(3-5-10)8(11)12/h7,9H,2-5H2,1H3,(H,11,12)/p+1. The monoisotopic (exact) mass is 171 g/mol. The zero-order valence-electron chi connectivity index (χ0n) is 7.29. The maximum atomic E-state index is 10.6. The van der Waals surface area contributed by atoms with Crippen molar-refractivity contribution in [3.05, 3.63) is 0 Å². The summed E-state index contributed by atoms with van der Waals surface area (Å²) in [4.78, 5) is 10.6. The molecule has 0 aromatic heterocycles. The Balaban J connectivity index is 2.51. The van der Waals surface area contributed by atoms with Crippen LogP contribution in [0.4, 0.5) is 0 Å². The zero-order valence-corrected chi connectivity index (χ0v) is 7.29. The molecule has 3 N–H and O–H groups in total. The average molecular weight is 171 g/mol. The van der Waals surface area contributed by atoms with Gasteiger partial charge in [-0.15, -0.1) is 0 Å². The number of hydrogen-bond acceptors (Lipinski definition) is 1. The number of rotatable bonds is 1. The van der Waals surface area contributed by atoms with Crippen LogP contribution in [-0.4, -0.2) is 34.6 Å². The van der Waals surface area contributed by atoms with Crippen LogP contribution in [0.15, 0.2) is 0 Å². The number of amidine groups is 1. The SMILES string of the molecule is CC(N)=[N+]1CCC(C(=O)O)CC1. The van der Waals surface area contributed by atoms with Gasteiger partial charge in [0.25, 0.3) is 0 Å². The molecule has 12 heavy (non-hydrogen) atoms. The van der Waals surface area contributed by atoms with Gasteiger partial charge in [0.1, 0.15) is 0 Å². The molecule has 0 radical (unpaired) electrons. The molecular formula is C8H15N2O2+. The second-order valence-corrected chi connectivity index (χ2v) is 3.24. The van der Waals surface area contributed by atoms with Crippen molar-refractivity contribution in [2.45, 2.75) is 19.8 Å². The van der Waals surface area contributed by atoms with Gasteiger partial charge in [0.05, 0.1) is 19.0 Å². The third-order valence-corrected chi connectivity index (χ3v) is 2.34. The summed E-state index contributed by atoms with van der Waals surface area (Å²) in [6.45, 7) is 3.40. The second-order valence-electron chi connectivity index (χ2n) is 3.24. The highest BCUT2D eigenvalue weighted by molar-refractivity contribution is 5.72. The van der Waals surface area contributed by atoms with E-state index in [2.05, 4.69) is 0 Å². The van der Waals surface area contributed by atoms with Crippen molar-refractivity contribution in [3.63, 3.8) is 0 Å². The van der Waals surface area contributed by atoms with Crippen molar-refractivity contribution in [1.29, 1.82) is 0 Å². The van der Waals surface area contributed by atoms with E-state index in [0.717, 1.165) is 18.9 Å². The molecule has 68 valence electrons. The lowest BCUT2D eigenvalue weighted by molar-refractivity contribution is -0.541. The summed E-state index contributed by atoms with van der Waals surface area (Å²) < 4.78 is 2.03. The summed E-state index contributed by atoms with van der Waals surface area (Å²) >= 11 is 0. The molecule has 1 saturated heterocycles. The molecule has 1 rings (SSSR count). The van der Waals surface area contributed by atoms with Gasteiger partial charge < -0.3 is 5.11 Å². The fraction of sp³-hybridized carbons (Fsp3) is 0.750. The third kappa shape index (κ3) is 1.96. The van der Waals surface area contributed by atoms with E-state index in [1.165, 1.54) is 0 Å². The topological polar surface area (TPSA) is 66.3 Å². The minimum Gasteiger partial charge on any atom is -0.481 e. The number of piperidine rings is 1. The van der Waals surface area contributed by atoms with Gasteiger partial charge in [0, 0.05) is 6.92 Å². The first-order valence-electron chi connectivity index (χ1n) is 4.18. The molecule has 1 fully saturated rings. The van der Waals surface area contributed by atoms with Crippen LogP contribution in [0.5, 0.6) is 0 Å². The van der Waals surface area contributed by atoms with E-state index in [-0.39, 0.29) is 5.92 Å². The van der Waals surface area contributed by atoms with E-state index in [1.807, 2.05) is 11.5 Å². The maximum absolute atomic E-state index is 10.6. The average Bonchev–Trinajstić information content (AvgIpc) is 2.04. The fourth-order valence-electron chi connectivity index (χ4n) is 1.48. The largest absolute Gasteiger partial charge is 0.481 e. The number of hydrogen-bond donors (Lipinski definition) is 2. The molecule has 0 atom stereocenters. The Morgan fingerprint density at radius 1 is 1.50 bits per heavy atom. The number of aliphatic carboxylic acids is 1. The summed E-state index contributed by atoms with van der Waals surface area (Å²) in [5.41, 5.74) is 5.58. The molecular weight excluding hydrogens is 156 g/mol. The molecule has 0 unspecified atom stereocenters. The van der Waals surface area contributed by atoms with E-state index in [0.29, 0.717) is 12.8 Å². The van der Waals surface area contributed by atoms with Crippen molar-refractivity contribution >= 4 is 11.8 Å². The van der Waals surface area contributed by atoms with E-state index in [9.17, 15) is 4.79 Å². The van der Waals surface area contributed by atoms with Gasteiger partial charge in [0.2, 0.25) is 5.84 Å². The maximum Gasteiger partial charge on any atom is 0.306 e. The molecule has 1 aliphatic rings. The zero-order chi connectivity index (χ0) is 9.14. The van der Waals surface area contributed by atoms with E-state index >= 15 is 0 Å². The minimum atomic E-state index is -0.677. The molecule has 4 nitrogen and oxygen atoms in total. The summed E-state index contributed by atoms with van der Waals surface area (Å²) in [6.07, 6.45) is 1.42. The Bertz CT molecular complexity index is 209. The molecule has 1 aliphatic heterocycles. The number of nitrogens with zero attached hydrogens (tertiary/aromatic N) is 1. The van der Waals surface area contributed by atoms with Gasteiger partial charge in [-0.1, -0.05) is 0 Å². The minimum absolute atomic E-state index is 0.166. The van der Waals surface area contributed by atoms with Gasteiger partial charge in [0.15, 0.2) is 0 Å². The molecule has 0 amide bonds. The highest BCUT2D eigenvalue weighted by atomic mass is 16.4. The molecule has 4 heteroatoms. The molecule has 0 aliphatic carbocycles. The van der Waals surface area contributed by atoms with Crippen LogP contribution in [0.25, 0.3) is 0 Å². The van der Waals surface area contributed by atoms with Crippen LogP contribution in [0.3, 0.4) is 0 Å². The molecule has 1 heterocycles. The number of nitrogens with two attached hydrogens (primary N) is 1. The molecule has 0 bridgehead atoms. The second kappa shape index (κ2) is 3.56. The number of carboxylic acid groups (broad SMARTS) is 1. The first-order chi connectivity index (χ1) is 5.61. The molecule has 0 spiro atoms.